The van der Waals surface area contributed by atoms with Gasteiger partial charge in [-0.15, -0.1) is 0 Å². The summed E-state index contributed by atoms with van der Waals surface area (Å²) in [5, 5.41) is 0. The maximum absolute atomic E-state index is 13.8. The van der Waals surface area contributed by atoms with Crippen LogP contribution < -0.4 is 10.6 Å². The standard InChI is InChI=1S/C14H19FN2/c15-13-3-1-2-4-14(13)17-9-11-7-12(17)6-5-10(11)8-16/h1-4,10-12H,5-9,16H2. The second kappa shape index (κ2) is 4.30. The highest BCUT2D eigenvalue weighted by Crippen LogP contribution is 2.41. The topological polar surface area (TPSA) is 29.3 Å². The highest BCUT2D eigenvalue weighted by atomic mass is 19.1. The third-order valence-electron chi connectivity index (χ3n) is 4.45. The van der Waals surface area contributed by atoms with Crippen molar-refractivity contribution in [2.24, 2.45) is 17.6 Å². The van der Waals surface area contributed by atoms with Crippen LogP contribution in [0.1, 0.15) is 19.3 Å². The first-order valence-electron chi connectivity index (χ1n) is 6.51. The number of benzene rings is 1. The molecule has 1 aliphatic heterocycles. The average molecular weight is 234 g/mol. The maximum atomic E-state index is 13.8. The first-order chi connectivity index (χ1) is 8.29. The number of nitrogens with two attached hydrogens (primary N) is 1. The molecular weight excluding hydrogens is 215 g/mol. The van der Waals surface area contributed by atoms with Crippen LogP contribution in [-0.2, 0) is 0 Å². The molecule has 0 radical (unpaired) electrons. The Kier molecular flexibility index (Phi) is 2.79. The van der Waals surface area contributed by atoms with Crippen molar-refractivity contribution in [2.75, 3.05) is 18.0 Å². The molecule has 2 aliphatic rings. The number of para-hydroxylation sites is 1. The van der Waals surface area contributed by atoms with Gasteiger partial charge in [0.05, 0.1) is 5.69 Å². The van der Waals surface area contributed by atoms with Crippen LogP contribution in [0.25, 0.3) is 0 Å². The summed E-state index contributed by atoms with van der Waals surface area (Å²) in [5.41, 5.74) is 6.58. The molecule has 0 spiro atoms. The number of nitrogens with zero attached hydrogens (tertiary/aromatic N) is 1. The summed E-state index contributed by atoms with van der Waals surface area (Å²) in [6.07, 6.45) is 3.56. The SMILES string of the molecule is NCC1CCC2CC1CN2c1ccccc1F. The maximum Gasteiger partial charge on any atom is 0.146 e. The molecular formula is C14H19FN2. The van der Waals surface area contributed by atoms with Crippen molar-refractivity contribution in [3.8, 4) is 0 Å². The van der Waals surface area contributed by atoms with Crippen LogP contribution in [0.4, 0.5) is 10.1 Å². The van der Waals surface area contributed by atoms with Crippen molar-refractivity contribution in [2.45, 2.75) is 25.3 Å². The summed E-state index contributed by atoms with van der Waals surface area (Å²) >= 11 is 0. The quantitative estimate of drug-likeness (QED) is 0.851. The van der Waals surface area contributed by atoms with E-state index in [1.165, 1.54) is 12.8 Å². The van der Waals surface area contributed by atoms with Crippen LogP contribution >= 0.6 is 0 Å². The Morgan fingerprint density at radius 2 is 2.12 bits per heavy atom. The number of anilines is 1. The number of hydrogen-bond donors (Lipinski definition) is 1. The van der Waals surface area contributed by atoms with Gasteiger partial charge in [-0.3, -0.25) is 0 Å². The van der Waals surface area contributed by atoms with Crippen molar-refractivity contribution in [3.63, 3.8) is 0 Å². The second-order valence-corrected chi connectivity index (χ2v) is 5.33. The molecule has 3 atom stereocenters. The molecule has 1 saturated heterocycles. The van der Waals surface area contributed by atoms with Gasteiger partial charge >= 0.3 is 0 Å². The van der Waals surface area contributed by atoms with Crippen LogP contribution in [0, 0.1) is 17.7 Å². The van der Waals surface area contributed by atoms with Crippen molar-refractivity contribution < 1.29 is 4.39 Å². The van der Waals surface area contributed by atoms with E-state index in [4.69, 9.17) is 5.73 Å². The predicted molar refractivity (Wildman–Crippen MR) is 67.4 cm³/mol. The molecule has 2 nitrogen and oxygen atoms in total. The molecule has 0 amide bonds. The van der Waals surface area contributed by atoms with Gasteiger partial charge in [-0.25, -0.2) is 4.39 Å². The highest BCUT2D eigenvalue weighted by Gasteiger charge is 2.40. The molecule has 2 bridgehead atoms. The minimum atomic E-state index is -0.0932. The number of hydrogen-bond acceptors (Lipinski definition) is 2. The molecule has 2 fully saturated rings. The third kappa shape index (κ3) is 1.82. The summed E-state index contributed by atoms with van der Waals surface area (Å²) in [5.74, 6) is 1.21. The zero-order chi connectivity index (χ0) is 11.8. The fourth-order valence-corrected chi connectivity index (χ4v) is 3.50. The van der Waals surface area contributed by atoms with Crippen molar-refractivity contribution in [3.05, 3.63) is 30.1 Å². The van der Waals surface area contributed by atoms with E-state index in [0.29, 0.717) is 17.9 Å². The lowest BCUT2D eigenvalue weighted by molar-refractivity contribution is 0.287. The van der Waals surface area contributed by atoms with Crippen LogP contribution in [0.2, 0.25) is 0 Å². The van der Waals surface area contributed by atoms with Crippen LogP contribution in [-0.4, -0.2) is 19.1 Å². The lowest BCUT2D eigenvalue weighted by Gasteiger charge is -2.28. The van der Waals surface area contributed by atoms with Gasteiger partial charge < -0.3 is 10.6 Å². The Bertz CT molecular complexity index is 407. The van der Waals surface area contributed by atoms with E-state index in [0.717, 1.165) is 25.2 Å². The molecule has 1 aliphatic carbocycles. The van der Waals surface area contributed by atoms with Gasteiger partial charge in [-0.05, 0) is 49.8 Å². The second-order valence-electron chi connectivity index (χ2n) is 5.33. The molecule has 2 N–H and O–H groups in total. The van der Waals surface area contributed by atoms with E-state index in [-0.39, 0.29) is 5.82 Å². The van der Waals surface area contributed by atoms with Crippen LogP contribution in [0.5, 0.6) is 0 Å². The number of rotatable bonds is 2. The van der Waals surface area contributed by atoms with Crippen LogP contribution in [0.15, 0.2) is 24.3 Å². The van der Waals surface area contributed by atoms with Gasteiger partial charge in [0.15, 0.2) is 0 Å². The number of halogens is 1. The summed E-state index contributed by atoms with van der Waals surface area (Å²) in [7, 11) is 0. The fourth-order valence-electron chi connectivity index (χ4n) is 3.50. The van der Waals surface area contributed by atoms with Crippen molar-refractivity contribution in [1.82, 2.24) is 0 Å². The third-order valence-corrected chi connectivity index (χ3v) is 4.45. The monoisotopic (exact) mass is 234 g/mol. The normalized spacial score (nSPS) is 31.9. The Labute approximate surface area is 102 Å². The molecule has 1 aromatic rings. The number of fused-ring (bicyclic) bond motifs is 2. The van der Waals surface area contributed by atoms with Gasteiger partial charge in [-0.1, -0.05) is 12.1 Å². The van der Waals surface area contributed by atoms with Crippen molar-refractivity contribution >= 4 is 5.69 Å². The Morgan fingerprint density at radius 1 is 1.29 bits per heavy atom. The summed E-state index contributed by atoms with van der Waals surface area (Å²) < 4.78 is 13.8. The molecule has 1 aromatic carbocycles. The van der Waals surface area contributed by atoms with Gasteiger partial charge in [-0.2, -0.15) is 0 Å². The molecule has 17 heavy (non-hydrogen) atoms. The van der Waals surface area contributed by atoms with Gasteiger partial charge in [0.25, 0.3) is 0 Å². The minimum Gasteiger partial charge on any atom is -0.366 e. The Morgan fingerprint density at radius 3 is 2.88 bits per heavy atom. The summed E-state index contributed by atoms with van der Waals surface area (Å²) in [4.78, 5) is 2.26. The van der Waals surface area contributed by atoms with E-state index < -0.39 is 0 Å². The summed E-state index contributed by atoms with van der Waals surface area (Å²) in [6, 6.07) is 7.65. The van der Waals surface area contributed by atoms with E-state index >= 15 is 0 Å². The highest BCUT2D eigenvalue weighted by molar-refractivity contribution is 5.50. The van der Waals surface area contributed by atoms with E-state index in [1.54, 1.807) is 12.1 Å². The minimum absolute atomic E-state index is 0.0932. The zero-order valence-electron chi connectivity index (χ0n) is 9.98. The average Bonchev–Trinajstić information content (AvgIpc) is 2.68. The lowest BCUT2D eigenvalue weighted by atomic mass is 9.80. The largest absolute Gasteiger partial charge is 0.366 e. The Hall–Kier alpha value is -1.09. The fraction of sp³-hybridized carbons (Fsp3) is 0.571. The van der Waals surface area contributed by atoms with Crippen molar-refractivity contribution in [1.29, 1.82) is 0 Å². The summed E-state index contributed by atoms with van der Waals surface area (Å²) in [6.45, 7) is 1.76. The molecule has 3 rings (SSSR count). The molecule has 1 heterocycles. The molecule has 3 unspecified atom stereocenters. The van der Waals surface area contributed by atoms with Crippen LogP contribution in [0.3, 0.4) is 0 Å². The zero-order valence-corrected chi connectivity index (χ0v) is 9.98. The van der Waals surface area contributed by atoms with Gasteiger partial charge in [0, 0.05) is 12.6 Å². The first kappa shape index (κ1) is 11.0. The Balaban J connectivity index is 1.85. The van der Waals surface area contributed by atoms with E-state index in [1.807, 2.05) is 12.1 Å². The van der Waals surface area contributed by atoms with E-state index in [9.17, 15) is 4.39 Å². The van der Waals surface area contributed by atoms with E-state index in [2.05, 4.69) is 4.90 Å². The molecule has 3 heteroatoms. The molecule has 1 saturated carbocycles. The smallest absolute Gasteiger partial charge is 0.146 e. The lowest BCUT2D eigenvalue weighted by Crippen LogP contribution is -2.30. The van der Waals surface area contributed by atoms with Gasteiger partial charge in [0.1, 0.15) is 5.82 Å². The van der Waals surface area contributed by atoms with Gasteiger partial charge in [0.2, 0.25) is 0 Å². The molecule has 92 valence electrons. The predicted octanol–water partition coefficient (Wildman–Crippen LogP) is 2.39. The first-order valence-corrected chi connectivity index (χ1v) is 6.51. The molecule has 0 aromatic heterocycles.